The first kappa shape index (κ1) is 24.5. The number of furan rings is 1. The average Bonchev–Trinajstić information content (AvgIpc) is 3.29. The van der Waals surface area contributed by atoms with Crippen molar-refractivity contribution in [1.29, 1.82) is 0 Å². The Balaban J connectivity index is 1.25. The third-order valence-electron chi connectivity index (χ3n) is 5.89. The van der Waals surface area contributed by atoms with Crippen molar-refractivity contribution in [3.05, 3.63) is 88.8 Å². The van der Waals surface area contributed by atoms with Gasteiger partial charge in [0.2, 0.25) is 5.91 Å². The Kier molecular flexibility index (Phi) is 6.39. The van der Waals surface area contributed by atoms with Gasteiger partial charge in [-0.15, -0.1) is 0 Å². The molecule has 37 heavy (non-hydrogen) atoms. The first-order valence-corrected chi connectivity index (χ1v) is 11.7. The van der Waals surface area contributed by atoms with Crippen LogP contribution in [-0.2, 0) is 11.3 Å². The standard InChI is InChI=1S/C27H21ClF2N4O3/c28-22-11-19(17-3-5-18(6-4-17)26(36)34-14-27(29,30)15-34)9-20-10-21(37-25(20)22)13-33-24(35)8-2-16-1-7-23(31)32-12-16/h1-12H,13-15H2,(H2,31,32)(H,33,35)/b8-2+. The summed E-state index contributed by atoms with van der Waals surface area (Å²) < 4.78 is 32.0. The lowest BCUT2D eigenvalue weighted by Gasteiger charge is -2.38. The van der Waals surface area contributed by atoms with E-state index in [2.05, 4.69) is 10.3 Å². The number of aromatic nitrogens is 1. The van der Waals surface area contributed by atoms with Crippen LogP contribution in [0.2, 0.25) is 5.02 Å². The third-order valence-corrected chi connectivity index (χ3v) is 6.17. The van der Waals surface area contributed by atoms with E-state index in [4.69, 9.17) is 21.8 Å². The summed E-state index contributed by atoms with van der Waals surface area (Å²) in [6, 6.07) is 15.5. The Labute approximate surface area is 215 Å². The predicted octanol–water partition coefficient (Wildman–Crippen LogP) is 5.15. The summed E-state index contributed by atoms with van der Waals surface area (Å²) in [4.78, 5) is 29.6. The van der Waals surface area contributed by atoms with E-state index in [1.807, 2.05) is 6.07 Å². The monoisotopic (exact) mass is 522 g/mol. The highest BCUT2D eigenvalue weighted by molar-refractivity contribution is 6.35. The first-order valence-electron chi connectivity index (χ1n) is 11.3. The smallest absolute Gasteiger partial charge is 0.282 e. The van der Waals surface area contributed by atoms with E-state index in [-0.39, 0.29) is 12.5 Å². The molecule has 1 saturated heterocycles. The van der Waals surface area contributed by atoms with Crippen molar-refractivity contribution in [3.63, 3.8) is 0 Å². The van der Waals surface area contributed by atoms with Crippen LogP contribution in [0, 0.1) is 0 Å². The number of nitrogens with zero attached hydrogens (tertiary/aromatic N) is 2. The molecule has 1 fully saturated rings. The van der Waals surface area contributed by atoms with Crippen LogP contribution in [0.15, 0.2) is 71.3 Å². The largest absolute Gasteiger partial charge is 0.458 e. The van der Waals surface area contributed by atoms with E-state index in [9.17, 15) is 18.4 Å². The molecule has 3 N–H and O–H groups in total. The van der Waals surface area contributed by atoms with Crippen molar-refractivity contribution < 1.29 is 22.8 Å². The summed E-state index contributed by atoms with van der Waals surface area (Å²) in [5.41, 5.74) is 8.72. The Bertz CT molecular complexity index is 1510. The van der Waals surface area contributed by atoms with Crippen LogP contribution in [0.1, 0.15) is 21.7 Å². The second-order valence-corrected chi connectivity index (χ2v) is 9.16. The van der Waals surface area contributed by atoms with Gasteiger partial charge in [0.25, 0.3) is 11.8 Å². The second-order valence-electron chi connectivity index (χ2n) is 8.75. The lowest BCUT2D eigenvalue weighted by Crippen LogP contribution is -2.58. The van der Waals surface area contributed by atoms with Crippen molar-refractivity contribution in [2.75, 3.05) is 18.8 Å². The van der Waals surface area contributed by atoms with E-state index in [0.29, 0.717) is 27.7 Å². The number of rotatable bonds is 6. The van der Waals surface area contributed by atoms with Crippen LogP contribution >= 0.6 is 11.6 Å². The number of nitrogen functional groups attached to an aromatic ring is 1. The molecule has 2 aromatic carbocycles. The fourth-order valence-electron chi connectivity index (χ4n) is 3.98. The molecule has 0 unspecified atom stereocenters. The Morgan fingerprint density at radius 1 is 1.11 bits per heavy atom. The lowest BCUT2D eigenvalue weighted by molar-refractivity contribution is -0.116. The number of carbonyl (C=O) groups is 2. The fourth-order valence-corrected chi connectivity index (χ4v) is 4.25. The molecule has 3 heterocycles. The first-order chi connectivity index (χ1) is 17.7. The molecule has 10 heteroatoms. The number of hydrogen-bond donors (Lipinski definition) is 2. The highest BCUT2D eigenvalue weighted by Crippen LogP contribution is 2.33. The molecule has 7 nitrogen and oxygen atoms in total. The zero-order chi connectivity index (χ0) is 26.2. The van der Waals surface area contributed by atoms with E-state index >= 15 is 0 Å². The van der Waals surface area contributed by atoms with Crippen LogP contribution in [0.4, 0.5) is 14.6 Å². The second kappa shape index (κ2) is 9.67. The number of carbonyl (C=O) groups excluding carboxylic acids is 2. The minimum absolute atomic E-state index is 0.163. The number of fused-ring (bicyclic) bond motifs is 1. The van der Waals surface area contributed by atoms with Crippen LogP contribution in [0.25, 0.3) is 28.2 Å². The molecule has 0 aliphatic carbocycles. The molecule has 1 aliphatic rings. The minimum Gasteiger partial charge on any atom is -0.458 e. The van der Waals surface area contributed by atoms with Crippen molar-refractivity contribution in [3.8, 4) is 11.1 Å². The molecular weight excluding hydrogens is 502 g/mol. The molecule has 4 aromatic rings. The van der Waals surface area contributed by atoms with Gasteiger partial charge in [-0.05, 0) is 65.2 Å². The van der Waals surface area contributed by atoms with Crippen LogP contribution in [-0.4, -0.2) is 40.7 Å². The van der Waals surface area contributed by atoms with Crippen LogP contribution in [0.5, 0.6) is 0 Å². The minimum atomic E-state index is -2.81. The highest BCUT2D eigenvalue weighted by atomic mass is 35.5. The zero-order valence-electron chi connectivity index (χ0n) is 19.4. The van der Waals surface area contributed by atoms with E-state index < -0.39 is 24.9 Å². The number of nitrogens with one attached hydrogen (secondary N) is 1. The molecular formula is C27H21ClF2N4O3. The fraction of sp³-hybridized carbons (Fsp3) is 0.148. The Morgan fingerprint density at radius 3 is 2.54 bits per heavy atom. The van der Waals surface area contributed by atoms with Gasteiger partial charge in [0.15, 0.2) is 5.58 Å². The molecule has 2 amide bonds. The Hall–Kier alpha value is -4.24. The molecule has 5 rings (SSSR count). The normalized spacial score (nSPS) is 14.6. The molecule has 188 valence electrons. The lowest BCUT2D eigenvalue weighted by atomic mass is 10.0. The number of likely N-dealkylation sites (tertiary alicyclic amines) is 1. The number of halogens is 3. The summed E-state index contributed by atoms with van der Waals surface area (Å²) in [5, 5.41) is 3.90. The van der Waals surface area contributed by atoms with Gasteiger partial charge in [0.05, 0.1) is 24.7 Å². The number of hydrogen-bond acceptors (Lipinski definition) is 5. The van der Waals surface area contributed by atoms with Gasteiger partial charge in [0.1, 0.15) is 11.6 Å². The number of pyridine rings is 1. The molecule has 0 saturated carbocycles. The van der Waals surface area contributed by atoms with Crippen LogP contribution in [0.3, 0.4) is 0 Å². The SMILES string of the molecule is Nc1ccc(/C=C/C(=O)NCc2cc3cc(-c4ccc(C(=O)N5CC(F)(F)C5)cc4)cc(Cl)c3o2)cn1. The zero-order valence-corrected chi connectivity index (χ0v) is 20.1. The third kappa shape index (κ3) is 5.46. The summed E-state index contributed by atoms with van der Waals surface area (Å²) in [5.74, 6) is -2.61. The van der Waals surface area contributed by atoms with Crippen LogP contribution < -0.4 is 11.1 Å². The number of alkyl halides is 2. The number of nitrogens with two attached hydrogens (primary N) is 1. The van der Waals surface area contributed by atoms with Gasteiger partial charge >= 0.3 is 0 Å². The number of benzene rings is 2. The van der Waals surface area contributed by atoms with Gasteiger partial charge in [-0.1, -0.05) is 23.7 Å². The Morgan fingerprint density at radius 2 is 1.86 bits per heavy atom. The van der Waals surface area contributed by atoms with Gasteiger partial charge < -0.3 is 20.4 Å². The van der Waals surface area contributed by atoms with Gasteiger partial charge in [-0.25, -0.2) is 13.8 Å². The summed E-state index contributed by atoms with van der Waals surface area (Å²) in [6.45, 7) is -0.950. The van der Waals surface area contributed by atoms with E-state index in [1.165, 1.54) is 6.08 Å². The summed E-state index contributed by atoms with van der Waals surface area (Å²) in [7, 11) is 0. The van der Waals surface area contributed by atoms with Crippen molar-refractivity contribution >= 4 is 46.3 Å². The van der Waals surface area contributed by atoms with Gasteiger partial charge in [-0.3, -0.25) is 9.59 Å². The number of amides is 2. The molecule has 0 radical (unpaired) electrons. The maximum Gasteiger partial charge on any atom is 0.282 e. The summed E-state index contributed by atoms with van der Waals surface area (Å²) in [6.07, 6.45) is 4.58. The highest BCUT2D eigenvalue weighted by Gasteiger charge is 2.46. The molecule has 0 atom stereocenters. The summed E-state index contributed by atoms with van der Waals surface area (Å²) >= 11 is 6.45. The topological polar surface area (TPSA) is 101 Å². The van der Waals surface area contributed by atoms with Crippen molar-refractivity contribution in [2.45, 2.75) is 12.5 Å². The molecule has 0 bridgehead atoms. The maximum atomic E-state index is 13.1. The average molecular weight is 523 g/mol. The van der Waals surface area contributed by atoms with E-state index in [0.717, 1.165) is 27.0 Å². The van der Waals surface area contributed by atoms with Gasteiger partial charge in [0, 0.05) is 23.2 Å². The molecule has 1 aliphatic heterocycles. The van der Waals surface area contributed by atoms with Crippen molar-refractivity contribution in [2.24, 2.45) is 0 Å². The molecule has 0 spiro atoms. The predicted molar refractivity (Wildman–Crippen MR) is 137 cm³/mol. The van der Waals surface area contributed by atoms with Crippen molar-refractivity contribution in [1.82, 2.24) is 15.2 Å². The number of anilines is 1. The van der Waals surface area contributed by atoms with E-state index in [1.54, 1.807) is 60.8 Å². The van der Waals surface area contributed by atoms with Gasteiger partial charge in [-0.2, -0.15) is 0 Å². The maximum absolute atomic E-state index is 13.1. The quantitative estimate of drug-likeness (QED) is 0.341. The molecule has 2 aromatic heterocycles.